The number of aliphatic hydroxyl groups excluding tert-OH is 1. The van der Waals surface area contributed by atoms with Crippen LogP contribution >= 0.6 is 62.5 Å². The number of alkyl halides is 1. The molecule has 9 rings (SSSR count). The normalized spacial score (nSPS) is 10.9. The first-order chi connectivity index (χ1) is 42.9. The average molecular weight is 1510 g/mol. The minimum atomic E-state index is -3.77. The summed E-state index contributed by atoms with van der Waals surface area (Å²) in [7, 11) is -0.0301. The summed E-state index contributed by atoms with van der Waals surface area (Å²) in [5.41, 5.74) is 1.95. The van der Waals surface area contributed by atoms with Gasteiger partial charge in [0, 0.05) is 62.5 Å². The Balaban J connectivity index is 0.000000439. The second-order valence-electron chi connectivity index (χ2n) is 19.4. The number of thioether (sulfide) groups is 1. The molecule has 3 aromatic carbocycles. The van der Waals surface area contributed by atoms with Crippen molar-refractivity contribution < 1.29 is 137 Å². The van der Waals surface area contributed by atoms with Gasteiger partial charge < -0.3 is 37.2 Å². The van der Waals surface area contributed by atoms with E-state index in [0.29, 0.717) is 74.9 Å². The van der Waals surface area contributed by atoms with Gasteiger partial charge in [0.1, 0.15) is 0 Å². The maximum atomic E-state index is 13.1. The molecule has 0 bridgehead atoms. The molecule has 490 valence electrons. The van der Waals surface area contributed by atoms with Crippen molar-refractivity contribution in [1.29, 1.82) is 0 Å². The van der Waals surface area contributed by atoms with Crippen LogP contribution in [0.25, 0.3) is 33.5 Å². The Kier molecular flexibility index (Phi) is 37.0. The number of aromatic nitrogens is 12. The quantitative estimate of drug-likeness (QED) is 0.0117. The summed E-state index contributed by atoms with van der Waals surface area (Å²) in [4.78, 5) is 107. The van der Waals surface area contributed by atoms with Crippen LogP contribution < -0.4 is 137 Å². The number of hydrogen-bond donors (Lipinski definition) is 1. The van der Waals surface area contributed by atoms with Crippen LogP contribution in [0.1, 0.15) is 84.8 Å². The SMILES string of the molecule is CCCCn1c(=O)c2c(nc(Br)n2Cc2ccc(Cl)cc2)n(C)c1=O.CCCCn1c(=O)c2c(nc(SCC)n2Cc2ccc(Cl)cc2)n(C)c1=O.CCOOC=O.CCS(=O)(=O)c1nc2c(c(=O)n(CCCO)c(=O)n2C)n1Cc1ccc(Cl)cc1.[2H]CF.[K+].[K+].[SH-]. The van der Waals surface area contributed by atoms with Gasteiger partial charge >= 0.3 is 126 Å². The van der Waals surface area contributed by atoms with Crippen LogP contribution in [0.5, 0.6) is 0 Å². The molecule has 0 aliphatic rings. The van der Waals surface area contributed by atoms with Crippen LogP contribution in [0.2, 0.25) is 15.1 Å². The zero-order chi connectivity index (χ0) is 66.6. The summed E-state index contributed by atoms with van der Waals surface area (Å²) in [5.74, 6) is 0.617. The number of nitrogens with zero attached hydrogens (tertiary/aromatic N) is 12. The average Bonchev–Trinajstić information content (AvgIpc) is 1.64. The molecule has 0 amide bonds. The largest absolute Gasteiger partial charge is 1.00 e. The van der Waals surface area contributed by atoms with E-state index in [1.807, 2.05) is 61.7 Å². The molecular formula is C58H72BrCl3FK2N12O12S3+. The third-order valence-electron chi connectivity index (χ3n) is 13.5. The summed E-state index contributed by atoms with van der Waals surface area (Å²) >= 11 is 22.8. The standard InChI is InChI=1S/C19H23ClN4O2S.C18H21ClN4O5S.C17H18BrClN4O2.C3H6O3.CH3F.2K.H2S/c1-4-6-11-23-17(25)15-16(22(3)19(23)26)21-18(27-5-2)24(15)12-13-7-9-14(20)10-8-13;1-3-29(27,28)17-20-15-14(23(17)11-12-5-7-13(19)8-6-12)16(25)22(9-4-10-24)18(26)21(15)2;1-3-4-9-22-15(24)13-14(21(2)17(22)25)20-16(18)23(13)10-11-5-7-12(19)8-6-11;1-2-5-6-3-4;1-2;;;/h7-10H,4-6,11-12H2,1-3H3;5-8,24H,3-4,9-11H2,1-2H3;5-8H,3-4,9-10H2,1-2H3;3H,2H2,1H3;1H3;;;1H2/q;;;;;2*+1;/p-1/i;;;;1D;;;. The number of halogens is 5. The van der Waals surface area contributed by atoms with Crippen molar-refractivity contribution in [3.05, 3.63) is 172 Å². The van der Waals surface area contributed by atoms with Gasteiger partial charge in [0.2, 0.25) is 15.0 Å². The Labute approximate surface area is 651 Å². The van der Waals surface area contributed by atoms with E-state index in [1.54, 1.807) is 73.7 Å². The van der Waals surface area contributed by atoms with E-state index in [2.05, 4.69) is 40.7 Å². The Bertz CT molecular complexity index is 4420. The van der Waals surface area contributed by atoms with Crippen molar-refractivity contribution in [3.63, 3.8) is 0 Å². The maximum Gasteiger partial charge on any atom is 1.00 e. The van der Waals surface area contributed by atoms with Gasteiger partial charge in [-0.3, -0.25) is 51.0 Å². The van der Waals surface area contributed by atoms with Crippen LogP contribution in [0.15, 0.2) is 117 Å². The van der Waals surface area contributed by atoms with Gasteiger partial charge in [-0.25, -0.2) is 32.8 Å². The number of rotatable bonds is 22. The van der Waals surface area contributed by atoms with Gasteiger partial charge in [0.25, 0.3) is 16.7 Å². The fraction of sp³-hybridized carbons (Fsp3) is 0.414. The molecule has 6 heterocycles. The molecule has 0 atom stereocenters. The van der Waals surface area contributed by atoms with Crippen LogP contribution in [0.3, 0.4) is 0 Å². The molecule has 6 aromatic heterocycles. The Morgan fingerprint density at radius 3 is 1.32 bits per heavy atom. The van der Waals surface area contributed by atoms with Gasteiger partial charge in [0.15, 0.2) is 43.4 Å². The predicted octanol–water partition coefficient (Wildman–Crippen LogP) is 1.88. The molecule has 34 heteroatoms. The summed E-state index contributed by atoms with van der Waals surface area (Å²) in [6.07, 6.45) is 3.58. The third-order valence-corrected chi connectivity index (χ3v) is 17.4. The molecule has 0 radical (unpaired) electrons. The smallest absolute Gasteiger partial charge is 0.813 e. The molecule has 0 saturated carbocycles. The molecule has 9 aromatic rings. The summed E-state index contributed by atoms with van der Waals surface area (Å²) in [6.45, 7) is 11.6. The number of carbonyl (C=O) groups is 1. The van der Waals surface area contributed by atoms with E-state index in [4.69, 9.17) is 41.3 Å². The van der Waals surface area contributed by atoms with Crippen LogP contribution in [-0.2, 0) is 98.3 Å². The first-order valence-electron chi connectivity index (χ1n) is 28.7. The van der Waals surface area contributed by atoms with Crippen LogP contribution in [0, 0.1) is 0 Å². The molecule has 0 spiro atoms. The zero-order valence-electron chi connectivity index (χ0n) is 53.8. The molecule has 24 nitrogen and oxygen atoms in total. The van der Waals surface area contributed by atoms with E-state index >= 15 is 0 Å². The first-order valence-corrected chi connectivity index (χ1v) is 32.5. The number of thiol groups is 1. The number of hydrogen-bond acceptors (Lipinski definition) is 17. The molecule has 92 heavy (non-hydrogen) atoms. The molecule has 0 fully saturated rings. The van der Waals surface area contributed by atoms with Crippen LogP contribution in [0.4, 0.5) is 4.39 Å². The molecule has 0 saturated heterocycles. The summed E-state index contributed by atoms with van der Waals surface area (Å²) in [5, 5.41) is 11.4. The predicted molar refractivity (Wildman–Crippen MR) is 357 cm³/mol. The van der Waals surface area contributed by atoms with Gasteiger partial charge in [0.05, 0.1) is 40.5 Å². The topological polar surface area (TPSA) is 275 Å². The van der Waals surface area contributed by atoms with E-state index in [0.717, 1.165) is 62.4 Å². The Morgan fingerprint density at radius 2 is 0.957 bits per heavy atom. The number of aliphatic hydroxyl groups is 1. The number of imidazole rings is 3. The zero-order valence-corrected chi connectivity index (χ0v) is 65.4. The molecule has 0 unspecified atom stereocenters. The Hall–Kier alpha value is -3.30. The van der Waals surface area contributed by atoms with Crippen molar-refractivity contribution in [3.8, 4) is 0 Å². The molecular weight excluding hydrogens is 1440 g/mol. The molecule has 1 N–H and O–H groups in total. The summed E-state index contributed by atoms with van der Waals surface area (Å²) in [6, 6.07) is 21.7. The second kappa shape index (κ2) is 41.1. The number of unbranched alkanes of at least 4 members (excludes halogenated alkanes) is 2. The Morgan fingerprint density at radius 1 is 0.598 bits per heavy atom. The van der Waals surface area contributed by atoms with E-state index < -0.39 is 28.2 Å². The van der Waals surface area contributed by atoms with Crippen molar-refractivity contribution in [1.82, 2.24) is 56.1 Å². The number of sulfone groups is 1. The molecule has 0 aliphatic heterocycles. The van der Waals surface area contributed by atoms with Crippen molar-refractivity contribution >= 4 is 126 Å². The first kappa shape index (κ1) is 82.9. The van der Waals surface area contributed by atoms with E-state index in [9.17, 15) is 46.4 Å². The van der Waals surface area contributed by atoms with Gasteiger partial charge in [-0.2, -0.15) is 9.87 Å². The summed E-state index contributed by atoms with van der Waals surface area (Å²) < 4.78 is 54.0. The number of aryl methyl sites for hydroxylation is 3. The third kappa shape index (κ3) is 21.1. The monoisotopic (exact) mass is 1510 g/mol. The number of fused-ring (bicyclic) bond motifs is 3. The van der Waals surface area contributed by atoms with E-state index in [1.165, 1.54) is 36.8 Å². The van der Waals surface area contributed by atoms with Crippen LogP contribution in [-0.4, -0.2) is 108 Å². The minimum Gasteiger partial charge on any atom is -0.813 e. The maximum absolute atomic E-state index is 13.1. The molecule has 0 aliphatic carbocycles. The number of carbonyl (C=O) groups excluding carboxylic acids is 1. The fourth-order valence-corrected chi connectivity index (χ4v) is 11.5. The van der Waals surface area contributed by atoms with Gasteiger partial charge in [-0.15, -0.1) is 0 Å². The van der Waals surface area contributed by atoms with E-state index in [-0.39, 0.29) is 193 Å². The van der Waals surface area contributed by atoms with Crippen molar-refractivity contribution in [2.45, 2.75) is 116 Å². The van der Waals surface area contributed by atoms with Crippen molar-refractivity contribution in [2.75, 3.05) is 31.9 Å². The van der Waals surface area contributed by atoms with Gasteiger partial charge in [-0.1, -0.05) is 123 Å². The number of benzene rings is 3. The minimum absolute atomic E-state index is 0. The fourth-order valence-electron chi connectivity index (χ4n) is 8.96. The second-order valence-corrected chi connectivity index (χ2v) is 24.9. The van der Waals surface area contributed by atoms with Crippen molar-refractivity contribution in [2.24, 2.45) is 21.1 Å². The van der Waals surface area contributed by atoms with Gasteiger partial charge in [-0.05, 0) is 101 Å².